The van der Waals surface area contributed by atoms with Crippen LogP contribution in [-0.2, 0) is 0 Å². The normalized spacial score (nSPS) is 12.8. The molecule has 0 spiro atoms. The van der Waals surface area contributed by atoms with Gasteiger partial charge >= 0.3 is 0 Å². The lowest BCUT2D eigenvalue weighted by Gasteiger charge is -2.13. The highest BCUT2D eigenvalue weighted by Crippen LogP contribution is 2.14. The van der Waals surface area contributed by atoms with E-state index in [1.165, 1.54) is 15.6 Å². The third-order valence-electron chi connectivity index (χ3n) is 2.07. The minimum atomic E-state index is 0.469. The van der Waals surface area contributed by atoms with Crippen LogP contribution in [0.1, 0.15) is 31.9 Å². The van der Waals surface area contributed by atoms with Gasteiger partial charge in [-0.1, -0.05) is 19.1 Å². The van der Waals surface area contributed by atoms with Crippen molar-refractivity contribution >= 4 is 22.6 Å². The topological polar surface area (TPSA) is 12.0 Å². The molecule has 0 amide bonds. The first-order valence-electron chi connectivity index (χ1n) is 4.73. The number of hydrogen-bond acceptors (Lipinski definition) is 1. The quantitative estimate of drug-likeness (QED) is 0.838. The van der Waals surface area contributed by atoms with E-state index >= 15 is 0 Å². The predicted octanol–water partition coefficient (Wildman–Crippen LogP) is 3.35. The molecule has 0 bridgehead atoms. The molecule has 0 fully saturated rings. The summed E-state index contributed by atoms with van der Waals surface area (Å²) in [6, 6.07) is 9.15. The van der Waals surface area contributed by atoms with Gasteiger partial charge in [0.15, 0.2) is 0 Å². The van der Waals surface area contributed by atoms with E-state index in [0.717, 1.165) is 6.54 Å². The number of benzene rings is 1. The fourth-order valence-corrected chi connectivity index (χ4v) is 1.59. The van der Waals surface area contributed by atoms with Gasteiger partial charge in [-0.05, 0) is 60.2 Å². The zero-order valence-electron chi connectivity index (χ0n) is 8.18. The first-order chi connectivity index (χ1) is 6.24. The Morgan fingerprint density at radius 3 is 2.46 bits per heavy atom. The fourth-order valence-electron chi connectivity index (χ4n) is 1.23. The monoisotopic (exact) mass is 289 g/mol. The minimum Gasteiger partial charge on any atom is -0.310 e. The van der Waals surface area contributed by atoms with Gasteiger partial charge in [0, 0.05) is 9.61 Å². The van der Waals surface area contributed by atoms with Gasteiger partial charge < -0.3 is 5.32 Å². The Kier molecular flexibility index (Phi) is 4.73. The average Bonchev–Trinajstić information content (AvgIpc) is 2.15. The number of nitrogens with one attached hydrogen (secondary N) is 1. The first-order valence-corrected chi connectivity index (χ1v) is 5.80. The van der Waals surface area contributed by atoms with E-state index in [1.54, 1.807) is 0 Å². The Hall–Kier alpha value is -0.0900. The van der Waals surface area contributed by atoms with Gasteiger partial charge in [-0.3, -0.25) is 0 Å². The minimum absolute atomic E-state index is 0.469. The van der Waals surface area contributed by atoms with Crippen LogP contribution in [0.2, 0.25) is 0 Å². The molecule has 1 N–H and O–H groups in total. The van der Waals surface area contributed by atoms with Crippen molar-refractivity contribution in [1.82, 2.24) is 5.32 Å². The van der Waals surface area contributed by atoms with Crippen molar-refractivity contribution in [3.63, 3.8) is 0 Å². The van der Waals surface area contributed by atoms with Crippen LogP contribution in [0.5, 0.6) is 0 Å². The largest absolute Gasteiger partial charge is 0.310 e. The Balaban J connectivity index is 2.55. The van der Waals surface area contributed by atoms with E-state index in [9.17, 15) is 0 Å². The van der Waals surface area contributed by atoms with Crippen LogP contribution < -0.4 is 5.32 Å². The Labute approximate surface area is 94.1 Å². The summed E-state index contributed by atoms with van der Waals surface area (Å²) in [5.41, 5.74) is 1.37. The van der Waals surface area contributed by atoms with E-state index in [4.69, 9.17) is 0 Å². The maximum Gasteiger partial charge on any atom is 0.0291 e. The smallest absolute Gasteiger partial charge is 0.0291 e. The van der Waals surface area contributed by atoms with Crippen LogP contribution in [0.3, 0.4) is 0 Å². The second-order valence-corrected chi connectivity index (χ2v) is 4.47. The number of rotatable bonds is 4. The molecule has 2 heteroatoms. The molecule has 1 aromatic carbocycles. The zero-order valence-corrected chi connectivity index (χ0v) is 10.3. The van der Waals surface area contributed by atoms with E-state index in [1.807, 2.05) is 0 Å². The molecule has 1 unspecified atom stereocenters. The molecule has 0 saturated heterocycles. The molecule has 13 heavy (non-hydrogen) atoms. The van der Waals surface area contributed by atoms with Crippen LogP contribution >= 0.6 is 22.6 Å². The summed E-state index contributed by atoms with van der Waals surface area (Å²) in [4.78, 5) is 0. The van der Waals surface area contributed by atoms with E-state index in [2.05, 4.69) is 66.0 Å². The molecule has 1 rings (SSSR count). The molecule has 0 radical (unpaired) electrons. The van der Waals surface area contributed by atoms with Crippen molar-refractivity contribution in [3.8, 4) is 0 Å². The zero-order chi connectivity index (χ0) is 9.68. The lowest BCUT2D eigenvalue weighted by molar-refractivity contribution is 0.570. The van der Waals surface area contributed by atoms with Crippen LogP contribution in [-0.4, -0.2) is 6.54 Å². The second-order valence-electron chi connectivity index (χ2n) is 3.23. The first kappa shape index (κ1) is 11.0. The van der Waals surface area contributed by atoms with E-state index < -0.39 is 0 Å². The molecule has 0 saturated carbocycles. The van der Waals surface area contributed by atoms with Crippen LogP contribution in [0.15, 0.2) is 24.3 Å². The van der Waals surface area contributed by atoms with Crippen LogP contribution in [0.25, 0.3) is 0 Å². The average molecular weight is 289 g/mol. The number of halogens is 1. The molecule has 0 aliphatic carbocycles. The van der Waals surface area contributed by atoms with Gasteiger partial charge in [0.25, 0.3) is 0 Å². The SMILES string of the molecule is CCCNC(C)c1ccc(I)cc1. The Morgan fingerprint density at radius 1 is 1.31 bits per heavy atom. The highest BCUT2D eigenvalue weighted by atomic mass is 127. The van der Waals surface area contributed by atoms with Crippen molar-refractivity contribution in [2.75, 3.05) is 6.54 Å². The predicted molar refractivity (Wildman–Crippen MR) is 65.9 cm³/mol. The van der Waals surface area contributed by atoms with Gasteiger partial charge in [0.2, 0.25) is 0 Å². The van der Waals surface area contributed by atoms with Gasteiger partial charge in [0.1, 0.15) is 0 Å². The Bertz CT molecular complexity index is 243. The molecular weight excluding hydrogens is 273 g/mol. The van der Waals surface area contributed by atoms with Crippen molar-refractivity contribution in [2.24, 2.45) is 0 Å². The molecular formula is C11H16IN. The van der Waals surface area contributed by atoms with E-state index in [0.29, 0.717) is 6.04 Å². The molecule has 1 nitrogen and oxygen atoms in total. The van der Waals surface area contributed by atoms with Crippen molar-refractivity contribution in [3.05, 3.63) is 33.4 Å². The summed E-state index contributed by atoms with van der Waals surface area (Å²) in [7, 11) is 0. The summed E-state index contributed by atoms with van der Waals surface area (Å²) in [6.07, 6.45) is 1.19. The van der Waals surface area contributed by atoms with Crippen LogP contribution in [0, 0.1) is 3.57 Å². The molecule has 0 aliphatic rings. The fraction of sp³-hybridized carbons (Fsp3) is 0.455. The second kappa shape index (κ2) is 5.60. The Morgan fingerprint density at radius 2 is 1.92 bits per heavy atom. The molecule has 0 heterocycles. The van der Waals surface area contributed by atoms with Crippen molar-refractivity contribution in [2.45, 2.75) is 26.3 Å². The molecule has 0 aromatic heterocycles. The van der Waals surface area contributed by atoms with Gasteiger partial charge in [-0.25, -0.2) is 0 Å². The maximum absolute atomic E-state index is 3.47. The van der Waals surface area contributed by atoms with Crippen molar-refractivity contribution in [1.29, 1.82) is 0 Å². The highest BCUT2D eigenvalue weighted by molar-refractivity contribution is 14.1. The van der Waals surface area contributed by atoms with Gasteiger partial charge in [0.05, 0.1) is 0 Å². The summed E-state index contributed by atoms with van der Waals surface area (Å²) >= 11 is 2.33. The van der Waals surface area contributed by atoms with Gasteiger partial charge in [-0.2, -0.15) is 0 Å². The van der Waals surface area contributed by atoms with Crippen LogP contribution in [0.4, 0.5) is 0 Å². The van der Waals surface area contributed by atoms with Crippen molar-refractivity contribution < 1.29 is 0 Å². The summed E-state index contributed by atoms with van der Waals surface area (Å²) in [5, 5.41) is 3.47. The standard InChI is InChI=1S/C11H16IN/c1-3-8-13-9(2)10-4-6-11(12)7-5-10/h4-7,9,13H,3,8H2,1-2H3. The lowest BCUT2D eigenvalue weighted by Crippen LogP contribution is -2.19. The lowest BCUT2D eigenvalue weighted by atomic mass is 10.1. The summed E-state index contributed by atoms with van der Waals surface area (Å²) < 4.78 is 1.30. The van der Waals surface area contributed by atoms with Gasteiger partial charge in [-0.15, -0.1) is 0 Å². The summed E-state index contributed by atoms with van der Waals surface area (Å²) in [6.45, 7) is 5.48. The molecule has 0 aliphatic heterocycles. The molecule has 1 aromatic rings. The summed E-state index contributed by atoms with van der Waals surface area (Å²) in [5.74, 6) is 0. The van der Waals surface area contributed by atoms with E-state index in [-0.39, 0.29) is 0 Å². The number of hydrogen-bond donors (Lipinski definition) is 1. The third-order valence-corrected chi connectivity index (χ3v) is 2.79. The highest BCUT2D eigenvalue weighted by Gasteiger charge is 2.02. The maximum atomic E-state index is 3.47. The molecule has 72 valence electrons. The third kappa shape index (κ3) is 3.65. The molecule has 1 atom stereocenters.